The molecule has 1 saturated heterocycles. The molecular weight excluding hydrogens is 529 g/mol. The maximum atomic E-state index is 14.2. The highest BCUT2D eigenvalue weighted by atomic mass is 35.5. The van der Waals surface area contributed by atoms with Crippen molar-refractivity contribution in [2.24, 2.45) is 0 Å². The molecule has 1 fully saturated rings. The van der Waals surface area contributed by atoms with Gasteiger partial charge in [0.1, 0.15) is 5.82 Å². The summed E-state index contributed by atoms with van der Waals surface area (Å²) >= 11 is 12.4. The quantitative estimate of drug-likeness (QED) is 0.336. The number of halogens is 6. The second-order valence-electron chi connectivity index (χ2n) is 9.11. The number of rotatable bonds is 6. The Morgan fingerprint density at radius 1 is 1.03 bits per heavy atom. The first-order valence-corrected chi connectivity index (χ1v) is 12.3. The van der Waals surface area contributed by atoms with Crippen molar-refractivity contribution in [2.45, 2.75) is 24.7 Å². The van der Waals surface area contributed by atoms with Gasteiger partial charge >= 0.3 is 6.18 Å². The van der Waals surface area contributed by atoms with Crippen LogP contribution in [-0.4, -0.2) is 48.9 Å². The maximum Gasteiger partial charge on any atom is 0.419 e. The summed E-state index contributed by atoms with van der Waals surface area (Å²) in [6.45, 7) is 0.967. The Bertz CT molecular complexity index is 1280. The second-order valence-corrected chi connectivity index (χ2v) is 9.93. The number of amides is 1. The number of carbonyl (C=O) groups excluding carboxylic acids is 1. The molecule has 1 aliphatic heterocycles. The largest absolute Gasteiger partial charge is 0.419 e. The van der Waals surface area contributed by atoms with Crippen LogP contribution in [0, 0.1) is 5.82 Å². The zero-order valence-electron chi connectivity index (χ0n) is 20.1. The molecule has 1 heterocycles. The van der Waals surface area contributed by atoms with Crippen LogP contribution < -0.4 is 5.32 Å². The minimum atomic E-state index is -4.76. The predicted octanol–water partition coefficient (Wildman–Crippen LogP) is 6.93. The molecule has 196 valence electrons. The summed E-state index contributed by atoms with van der Waals surface area (Å²) in [7, 11) is 3.60. The summed E-state index contributed by atoms with van der Waals surface area (Å²) in [6.07, 6.45) is -4.76. The van der Waals surface area contributed by atoms with Crippen molar-refractivity contribution in [3.8, 4) is 0 Å². The number of likely N-dealkylation sites (N-methyl/N-ethyl adjacent to an activating group) is 1. The third-order valence-electron chi connectivity index (χ3n) is 6.71. The number of hydrogen-bond donors (Lipinski definition) is 1. The van der Waals surface area contributed by atoms with Crippen LogP contribution in [0.3, 0.4) is 0 Å². The molecule has 0 bridgehead atoms. The van der Waals surface area contributed by atoms with Gasteiger partial charge in [0.25, 0.3) is 5.91 Å². The van der Waals surface area contributed by atoms with Gasteiger partial charge in [0, 0.05) is 49.9 Å². The number of likely N-dealkylation sites (tertiary alicyclic amines) is 1. The average Bonchev–Trinajstić information content (AvgIpc) is 3.30. The van der Waals surface area contributed by atoms with Crippen LogP contribution in [-0.2, 0) is 12.7 Å². The van der Waals surface area contributed by atoms with Gasteiger partial charge in [-0.05, 0) is 66.7 Å². The Morgan fingerprint density at radius 2 is 1.73 bits per heavy atom. The molecule has 3 aromatic rings. The molecule has 0 spiro atoms. The maximum absolute atomic E-state index is 14.2. The lowest BCUT2D eigenvalue weighted by molar-refractivity contribution is -0.140. The van der Waals surface area contributed by atoms with Crippen LogP contribution in [0.1, 0.15) is 33.0 Å². The molecule has 4 nitrogen and oxygen atoms in total. The zero-order chi connectivity index (χ0) is 26.9. The fraction of sp³-hybridized carbons (Fsp3) is 0.296. The predicted molar refractivity (Wildman–Crippen MR) is 138 cm³/mol. The number of anilines is 1. The highest BCUT2D eigenvalue weighted by Gasteiger charge is 2.39. The Balaban J connectivity index is 1.60. The van der Waals surface area contributed by atoms with Gasteiger partial charge in [0.15, 0.2) is 0 Å². The van der Waals surface area contributed by atoms with E-state index in [-0.39, 0.29) is 24.4 Å². The minimum Gasteiger partial charge on any atom is -0.388 e. The van der Waals surface area contributed by atoms with Gasteiger partial charge in [-0.25, -0.2) is 4.39 Å². The SMILES string of the molecule is CNc1ccc(C(=O)N2C[C@H](c3ccc(Cl)c(Cl)c3)[C@@H](N(C)Cc3ccc(C(F)(F)F)c(F)c3)C2)cc1. The van der Waals surface area contributed by atoms with Crippen molar-refractivity contribution in [3.05, 3.63) is 98.8 Å². The van der Waals surface area contributed by atoms with E-state index in [0.29, 0.717) is 34.3 Å². The van der Waals surface area contributed by atoms with Gasteiger partial charge in [-0.15, -0.1) is 0 Å². The first-order chi connectivity index (χ1) is 17.5. The number of nitrogens with one attached hydrogen (secondary N) is 1. The van der Waals surface area contributed by atoms with E-state index in [1.54, 1.807) is 43.3 Å². The first-order valence-electron chi connectivity index (χ1n) is 11.6. The van der Waals surface area contributed by atoms with E-state index < -0.39 is 17.6 Å². The molecule has 0 aromatic heterocycles. The monoisotopic (exact) mass is 553 g/mol. The van der Waals surface area contributed by atoms with E-state index in [0.717, 1.165) is 23.4 Å². The molecule has 4 rings (SSSR count). The van der Waals surface area contributed by atoms with E-state index in [1.807, 2.05) is 23.1 Å². The summed E-state index contributed by atoms with van der Waals surface area (Å²) in [4.78, 5) is 17.0. The normalized spacial score (nSPS) is 17.9. The molecular formula is C27H25Cl2F4N3O. The standard InChI is InChI=1S/C27H25Cl2F4N3O/c1-34-19-7-4-17(5-8-19)26(37)36-14-20(18-6-10-22(28)23(29)12-18)25(15-36)35(2)13-16-3-9-21(24(30)11-16)27(31,32)33/h3-12,20,25,34H,13-15H2,1-2H3/t20-,25+/m1/s1. The van der Waals surface area contributed by atoms with Crippen molar-refractivity contribution in [1.82, 2.24) is 9.80 Å². The summed E-state index contributed by atoms with van der Waals surface area (Å²) in [5.41, 5.74) is 1.40. The van der Waals surface area contributed by atoms with Crippen molar-refractivity contribution in [2.75, 3.05) is 32.5 Å². The lowest BCUT2D eigenvalue weighted by Gasteiger charge is -2.29. The molecule has 2 atom stereocenters. The topological polar surface area (TPSA) is 35.6 Å². The fourth-order valence-electron chi connectivity index (χ4n) is 4.72. The first kappa shape index (κ1) is 27.2. The van der Waals surface area contributed by atoms with Crippen LogP contribution >= 0.6 is 23.2 Å². The molecule has 1 aliphatic rings. The van der Waals surface area contributed by atoms with Crippen LogP contribution in [0.5, 0.6) is 0 Å². The minimum absolute atomic E-state index is 0.135. The molecule has 1 amide bonds. The van der Waals surface area contributed by atoms with Gasteiger partial charge < -0.3 is 10.2 Å². The summed E-state index contributed by atoms with van der Waals surface area (Å²) in [6, 6.07) is 15.2. The van der Waals surface area contributed by atoms with Crippen molar-refractivity contribution >= 4 is 34.8 Å². The van der Waals surface area contributed by atoms with Gasteiger partial charge in [-0.3, -0.25) is 9.69 Å². The summed E-state index contributed by atoms with van der Waals surface area (Å²) < 4.78 is 53.1. The van der Waals surface area contributed by atoms with Crippen molar-refractivity contribution in [1.29, 1.82) is 0 Å². The molecule has 37 heavy (non-hydrogen) atoms. The van der Waals surface area contributed by atoms with E-state index in [9.17, 15) is 22.4 Å². The molecule has 0 unspecified atom stereocenters. The number of alkyl halides is 3. The van der Waals surface area contributed by atoms with E-state index in [1.165, 1.54) is 6.07 Å². The highest BCUT2D eigenvalue weighted by molar-refractivity contribution is 6.42. The van der Waals surface area contributed by atoms with Crippen LogP contribution in [0.2, 0.25) is 10.0 Å². The Morgan fingerprint density at radius 3 is 2.32 bits per heavy atom. The molecule has 1 N–H and O–H groups in total. The van der Waals surface area contributed by atoms with Crippen LogP contribution in [0.25, 0.3) is 0 Å². The average molecular weight is 554 g/mol. The lowest BCUT2D eigenvalue weighted by atomic mass is 9.93. The molecule has 0 radical (unpaired) electrons. The van der Waals surface area contributed by atoms with Crippen molar-refractivity contribution < 1.29 is 22.4 Å². The van der Waals surface area contributed by atoms with E-state index in [2.05, 4.69) is 5.32 Å². The van der Waals surface area contributed by atoms with E-state index >= 15 is 0 Å². The number of carbonyl (C=O) groups is 1. The summed E-state index contributed by atoms with van der Waals surface area (Å²) in [5, 5.41) is 3.81. The van der Waals surface area contributed by atoms with Crippen LogP contribution in [0.4, 0.5) is 23.2 Å². The van der Waals surface area contributed by atoms with Gasteiger partial charge in [0.2, 0.25) is 0 Å². The summed E-state index contributed by atoms with van der Waals surface area (Å²) in [5.74, 6) is -1.60. The Hall–Kier alpha value is -2.81. The highest BCUT2D eigenvalue weighted by Crippen LogP contribution is 2.36. The third kappa shape index (κ3) is 6.03. The number of benzene rings is 3. The number of hydrogen-bond acceptors (Lipinski definition) is 3. The fourth-order valence-corrected chi connectivity index (χ4v) is 5.03. The van der Waals surface area contributed by atoms with Crippen molar-refractivity contribution in [3.63, 3.8) is 0 Å². The Kier molecular flexibility index (Phi) is 8.02. The smallest absolute Gasteiger partial charge is 0.388 e. The Labute approximate surface area is 222 Å². The van der Waals surface area contributed by atoms with Crippen LogP contribution in [0.15, 0.2) is 60.7 Å². The molecule has 3 aromatic carbocycles. The van der Waals surface area contributed by atoms with Gasteiger partial charge in [0.05, 0.1) is 15.6 Å². The zero-order valence-corrected chi connectivity index (χ0v) is 21.6. The second kappa shape index (κ2) is 10.9. The number of nitrogens with zero attached hydrogens (tertiary/aromatic N) is 2. The third-order valence-corrected chi connectivity index (χ3v) is 7.44. The van der Waals surface area contributed by atoms with Gasteiger partial charge in [-0.2, -0.15) is 13.2 Å². The molecule has 10 heteroatoms. The lowest BCUT2D eigenvalue weighted by Crippen LogP contribution is -2.38. The molecule has 0 aliphatic carbocycles. The molecule has 0 saturated carbocycles. The van der Waals surface area contributed by atoms with Gasteiger partial charge in [-0.1, -0.05) is 35.3 Å². The van der Waals surface area contributed by atoms with E-state index in [4.69, 9.17) is 23.2 Å².